The molecule has 0 aliphatic carbocycles. The number of piperidine rings is 1. The Bertz CT molecular complexity index is 599. The van der Waals surface area contributed by atoms with E-state index in [1.807, 2.05) is 18.5 Å². The van der Waals surface area contributed by atoms with Crippen LogP contribution in [0.4, 0.5) is 5.69 Å². The normalized spacial score (nSPS) is 15.7. The lowest BCUT2D eigenvalue weighted by Gasteiger charge is -2.22. The summed E-state index contributed by atoms with van der Waals surface area (Å²) in [6.45, 7) is 3.37. The molecule has 0 bridgehead atoms. The van der Waals surface area contributed by atoms with Crippen molar-refractivity contribution in [1.29, 1.82) is 0 Å². The van der Waals surface area contributed by atoms with E-state index in [0.717, 1.165) is 31.2 Å². The van der Waals surface area contributed by atoms with Gasteiger partial charge in [-0.3, -0.25) is 0 Å². The van der Waals surface area contributed by atoms with Crippen LogP contribution in [0.3, 0.4) is 0 Å². The number of hydrogen-bond acceptors (Lipinski definition) is 3. The van der Waals surface area contributed by atoms with E-state index < -0.39 is 0 Å². The number of anilines is 1. The highest BCUT2D eigenvalue weighted by molar-refractivity contribution is 5.66. The minimum Gasteiger partial charge on any atom is -0.389 e. The summed E-state index contributed by atoms with van der Waals surface area (Å²) in [5.41, 5.74) is 3.59. The summed E-state index contributed by atoms with van der Waals surface area (Å²) in [5.74, 6) is 0.797. The maximum Gasteiger partial charge on any atom is 0.0380 e. The van der Waals surface area contributed by atoms with Crippen molar-refractivity contribution in [3.63, 3.8) is 0 Å². The Hall–Kier alpha value is -2.26. The fourth-order valence-electron chi connectivity index (χ4n) is 2.91. The third kappa shape index (κ3) is 4.86. The molecule has 0 atom stereocenters. The molecule has 3 N–H and O–H groups in total. The van der Waals surface area contributed by atoms with Crippen molar-refractivity contribution in [2.24, 2.45) is 5.92 Å². The SMILES string of the molecule is C(=C/Nc1ccc(-c2ccccc2)cc1)/NCC1CCNCC1. The van der Waals surface area contributed by atoms with Crippen molar-refractivity contribution in [2.75, 3.05) is 25.0 Å². The van der Waals surface area contributed by atoms with Gasteiger partial charge in [-0.25, -0.2) is 0 Å². The number of benzene rings is 2. The molecule has 23 heavy (non-hydrogen) atoms. The fraction of sp³-hybridized carbons (Fsp3) is 0.300. The molecule has 1 saturated heterocycles. The van der Waals surface area contributed by atoms with Crippen LogP contribution in [0.5, 0.6) is 0 Å². The summed E-state index contributed by atoms with van der Waals surface area (Å²) in [6.07, 6.45) is 6.52. The van der Waals surface area contributed by atoms with E-state index in [0.29, 0.717) is 0 Å². The molecule has 1 aliphatic heterocycles. The molecule has 0 saturated carbocycles. The van der Waals surface area contributed by atoms with E-state index in [1.54, 1.807) is 0 Å². The van der Waals surface area contributed by atoms with E-state index in [1.165, 1.54) is 24.0 Å². The molecule has 3 rings (SSSR count). The summed E-state index contributed by atoms with van der Waals surface area (Å²) in [4.78, 5) is 0. The summed E-state index contributed by atoms with van der Waals surface area (Å²) < 4.78 is 0. The maximum absolute atomic E-state index is 3.40. The molecule has 0 unspecified atom stereocenters. The Morgan fingerprint density at radius 2 is 1.57 bits per heavy atom. The van der Waals surface area contributed by atoms with Gasteiger partial charge in [0.15, 0.2) is 0 Å². The van der Waals surface area contributed by atoms with Crippen LogP contribution in [-0.4, -0.2) is 19.6 Å². The smallest absolute Gasteiger partial charge is 0.0380 e. The molecular weight excluding hydrogens is 282 g/mol. The molecule has 3 heteroatoms. The Labute approximate surface area is 138 Å². The number of nitrogens with one attached hydrogen (secondary N) is 3. The predicted octanol–water partition coefficient (Wildman–Crippen LogP) is 3.83. The van der Waals surface area contributed by atoms with Gasteiger partial charge in [0, 0.05) is 24.6 Å². The summed E-state index contributed by atoms with van der Waals surface area (Å²) >= 11 is 0. The first-order valence-corrected chi connectivity index (χ1v) is 8.43. The lowest BCUT2D eigenvalue weighted by Crippen LogP contribution is -2.32. The Morgan fingerprint density at radius 1 is 0.870 bits per heavy atom. The van der Waals surface area contributed by atoms with Crippen molar-refractivity contribution >= 4 is 5.69 Å². The quantitative estimate of drug-likeness (QED) is 0.759. The van der Waals surface area contributed by atoms with Crippen LogP contribution in [-0.2, 0) is 0 Å². The highest BCUT2D eigenvalue weighted by Crippen LogP contribution is 2.20. The van der Waals surface area contributed by atoms with Crippen LogP contribution in [0.15, 0.2) is 67.0 Å². The van der Waals surface area contributed by atoms with Crippen LogP contribution in [0, 0.1) is 5.92 Å². The van der Waals surface area contributed by atoms with Crippen LogP contribution in [0.25, 0.3) is 11.1 Å². The van der Waals surface area contributed by atoms with Crippen LogP contribution < -0.4 is 16.0 Å². The third-order valence-electron chi connectivity index (χ3n) is 4.31. The van der Waals surface area contributed by atoms with Gasteiger partial charge in [-0.1, -0.05) is 42.5 Å². The van der Waals surface area contributed by atoms with Crippen LogP contribution in [0.1, 0.15) is 12.8 Å². The Balaban J connectivity index is 1.44. The van der Waals surface area contributed by atoms with Gasteiger partial charge < -0.3 is 16.0 Å². The van der Waals surface area contributed by atoms with Gasteiger partial charge in [0.2, 0.25) is 0 Å². The molecule has 3 nitrogen and oxygen atoms in total. The number of rotatable bonds is 6. The summed E-state index contributed by atoms with van der Waals surface area (Å²) in [7, 11) is 0. The van der Waals surface area contributed by atoms with Gasteiger partial charge in [0.25, 0.3) is 0 Å². The molecule has 120 valence electrons. The second-order valence-electron chi connectivity index (χ2n) is 6.02. The summed E-state index contributed by atoms with van der Waals surface area (Å²) in [5, 5.41) is 10.1. The van der Waals surface area contributed by atoms with E-state index >= 15 is 0 Å². The fourth-order valence-corrected chi connectivity index (χ4v) is 2.91. The monoisotopic (exact) mass is 307 g/mol. The molecule has 0 aromatic heterocycles. The van der Waals surface area contributed by atoms with E-state index in [4.69, 9.17) is 0 Å². The lowest BCUT2D eigenvalue weighted by atomic mass is 9.98. The first-order valence-electron chi connectivity index (χ1n) is 8.43. The molecular formula is C20H25N3. The van der Waals surface area contributed by atoms with Crippen molar-refractivity contribution in [3.05, 3.63) is 67.0 Å². The second kappa shape index (κ2) is 8.39. The standard InChI is InChI=1S/C20H25N3/c1-2-4-18(5-3-1)19-6-8-20(9-7-19)23-15-14-22-16-17-10-12-21-13-11-17/h1-9,14-15,17,21-23H,10-13,16H2/b15-14-. The topological polar surface area (TPSA) is 36.1 Å². The average Bonchev–Trinajstić information content (AvgIpc) is 2.64. The molecule has 0 amide bonds. The minimum absolute atomic E-state index is 0.797. The number of hydrogen-bond donors (Lipinski definition) is 3. The van der Waals surface area contributed by atoms with Gasteiger partial charge in [-0.2, -0.15) is 0 Å². The second-order valence-corrected chi connectivity index (χ2v) is 6.02. The Kier molecular flexibility index (Phi) is 5.70. The third-order valence-corrected chi connectivity index (χ3v) is 4.31. The van der Waals surface area contributed by atoms with Crippen LogP contribution >= 0.6 is 0 Å². The van der Waals surface area contributed by atoms with Crippen molar-refractivity contribution in [2.45, 2.75) is 12.8 Å². The Morgan fingerprint density at radius 3 is 2.30 bits per heavy atom. The predicted molar refractivity (Wildman–Crippen MR) is 98.2 cm³/mol. The van der Waals surface area contributed by atoms with Gasteiger partial charge >= 0.3 is 0 Å². The molecule has 2 aromatic rings. The maximum atomic E-state index is 3.40. The first-order chi connectivity index (χ1) is 11.4. The zero-order valence-corrected chi connectivity index (χ0v) is 13.5. The summed E-state index contributed by atoms with van der Waals surface area (Å²) in [6, 6.07) is 19.0. The average molecular weight is 307 g/mol. The van der Waals surface area contributed by atoms with Gasteiger partial charge in [-0.05, 0) is 55.1 Å². The van der Waals surface area contributed by atoms with E-state index in [-0.39, 0.29) is 0 Å². The first kappa shape index (κ1) is 15.6. The molecule has 1 heterocycles. The molecule has 1 fully saturated rings. The van der Waals surface area contributed by atoms with Crippen molar-refractivity contribution in [1.82, 2.24) is 10.6 Å². The van der Waals surface area contributed by atoms with E-state index in [9.17, 15) is 0 Å². The van der Waals surface area contributed by atoms with Gasteiger partial charge in [0.1, 0.15) is 0 Å². The van der Waals surface area contributed by atoms with Gasteiger partial charge in [-0.15, -0.1) is 0 Å². The molecule has 2 aromatic carbocycles. The van der Waals surface area contributed by atoms with Crippen LogP contribution in [0.2, 0.25) is 0 Å². The van der Waals surface area contributed by atoms with Gasteiger partial charge in [0.05, 0.1) is 0 Å². The lowest BCUT2D eigenvalue weighted by molar-refractivity contribution is 0.369. The zero-order chi connectivity index (χ0) is 15.7. The molecule has 1 aliphatic rings. The highest BCUT2D eigenvalue weighted by atomic mass is 14.9. The highest BCUT2D eigenvalue weighted by Gasteiger charge is 2.11. The van der Waals surface area contributed by atoms with Crippen molar-refractivity contribution in [3.8, 4) is 11.1 Å². The molecule has 0 radical (unpaired) electrons. The zero-order valence-electron chi connectivity index (χ0n) is 13.5. The van der Waals surface area contributed by atoms with Crippen molar-refractivity contribution < 1.29 is 0 Å². The van der Waals surface area contributed by atoms with E-state index in [2.05, 4.69) is 64.5 Å². The molecule has 0 spiro atoms. The minimum atomic E-state index is 0.797. The largest absolute Gasteiger partial charge is 0.389 e.